The van der Waals surface area contributed by atoms with Crippen molar-refractivity contribution >= 4 is 29.5 Å². The molecule has 1 N–H and O–H groups in total. The number of halogens is 2. The topological polar surface area (TPSA) is 85.2 Å². The summed E-state index contributed by atoms with van der Waals surface area (Å²) in [5, 5.41) is 3.94. The van der Waals surface area contributed by atoms with Gasteiger partial charge in [0.25, 0.3) is 0 Å². The van der Waals surface area contributed by atoms with Crippen molar-refractivity contribution in [2.75, 3.05) is 16.8 Å². The molecule has 1 aromatic carbocycles. The first kappa shape index (κ1) is 23.0. The van der Waals surface area contributed by atoms with Crippen LogP contribution >= 0.6 is 11.6 Å². The SMILES string of the molecule is CC(C)c1cc(-n2cnc([C@H](C)Nc3nccc(N4C(=O)OC[C@@H]4[C@H](C)F)n3)c2)ccc1Cl. The first-order valence-corrected chi connectivity index (χ1v) is 11.2. The first-order chi connectivity index (χ1) is 15.7. The molecule has 0 unspecified atom stereocenters. The number of hydrogen-bond acceptors (Lipinski definition) is 6. The number of carbonyl (C=O) groups is 1. The van der Waals surface area contributed by atoms with Crippen LogP contribution in [0, 0.1) is 0 Å². The quantitative estimate of drug-likeness (QED) is 0.502. The number of carbonyl (C=O) groups excluding carboxylic acids is 1. The van der Waals surface area contributed by atoms with Crippen LogP contribution in [-0.4, -0.2) is 44.4 Å². The number of alkyl halides is 1. The van der Waals surface area contributed by atoms with E-state index in [9.17, 15) is 9.18 Å². The van der Waals surface area contributed by atoms with Crippen LogP contribution in [0.3, 0.4) is 0 Å². The van der Waals surface area contributed by atoms with E-state index < -0.39 is 18.3 Å². The van der Waals surface area contributed by atoms with Gasteiger partial charge in [0.05, 0.1) is 18.1 Å². The molecule has 1 saturated heterocycles. The average molecular weight is 473 g/mol. The van der Waals surface area contributed by atoms with Gasteiger partial charge in [0.2, 0.25) is 5.95 Å². The van der Waals surface area contributed by atoms with E-state index in [0.29, 0.717) is 11.9 Å². The summed E-state index contributed by atoms with van der Waals surface area (Å²) in [6.07, 6.45) is 3.31. The summed E-state index contributed by atoms with van der Waals surface area (Å²) in [5.41, 5.74) is 2.81. The van der Waals surface area contributed by atoms with Crippen LogP contribution in [0.4, 0.5) is 21.0 Å². The highest BCUT2D eigenvalue weighted by atomic mass is 35.5. The Balaban J connectivity index is 1.52. The molecule has 0 saturated carbocycles. The third-order valence-electron chi connectivity index (χ3n) is 5.62. The van der Waals surface area contributed by atoms with Crippen LogP contribution in [0.25, 0.3) is 5.69 Å². The number of amides is 1. The lowest BCUT2D eigenvalue weighted by molar-refractivity contribution is 0.174. The summed E-state index contributed by atoms with van der Waals surface area (Å²) >= 11 is 6.32. The molecule has 2 aromatic heterocycles. The zero-order valence-corrected chi connectivity index (χ0v) is 19.6. The molecule has 0 spiro atoms. The molecule has 8 nitrogen and oxygen atoms in total. The molecular weight excluding hydrogens is 447 g/mol. The fourth-order valence-electron chi connectivity index (χ4n) is 3.70. The molecule has 1 aliphatic heterocycles. The van der Waals surface area contributed by atoms with E-state index in [0.717, 1.165) is 22.0 Å². The van der Waals surface area contributed by atoms with Gasteiger partial charge in [-0.3, -0.25) is 4.90 Å². The summed E-state index contributed by atoms with van der Waals surface area (Å²) in [4.78, 5) is 26.5. The molecule has 3 heterocycles. The van der Waals surface area contributed by atoms with E-state index in [-0.39, 0.29) is 18.5 Å². The molecule has 33 heavy (non-hydrogen) atoms. The largest absolute Gasteiger partial charge is 0.447 e. The first-order valence-electron chi connectivity index (χ1n) is 10.8. The molecule has 0 bridgehead atoms. The van der Waals surface area contributed by atoms with Gasteiger partial charge in [-0.15, -0.1) is 0 Å². The van der Waals surface area contributed by atoms with Crippen molar-refractivity contribution in [2.24, 2.45) is 0 Å². The van der Waals surface area contributed by atoms with Gasteiger partial charge in [0.1, 0.15) is 24.6 Å². The highest BCUT2D eigenvalue weighted by Gasteiger charge is 2.39. The predicted molar refractivity (Wildman–Crippen MR) is 125 cm³/mol. The third kappa shape index (κ3) is 4.78. The number of aromatic nitrogens is 4. The Bertz CT molecular complexity index is 1150. The number of rotatable bonds is 7. The van der Waals surface area contributed by atoms with Gasteiger partial charge in [0.15, 0.2) is 0 Å². The van der Waals surface area contributed by atoms with Crippen LogP contribution in [0.5, 0.6) is 0 Å². The number of ether oxygens (including phenoxy) is 1. The highest BCUT2D eigenvalue weighted by molar-refractivity contribution is 6.31. The molecule has 0 aliphatic carbocycles. The van der Waals surface area contributed by atoms with Gasteiger partial charge < -0.3 is 14.6 Å². The van der Waals surface area contributed by atoms with Crippen LogP contribution < -0.4 is 10.2 Å². The minimum atomic E-state index is -1.25. The molecule has 0 radical (unpaired) electrons. The summed E-state index contributed by atoms with van der Waals surface area (Å²) in [6.45, 7) is 7.51. The molecule has 1 amide bonds. The number of nitrogens with zero attached hydrogens (tertiary/aromatic N) is 5. The molecule has 1 aliphatic rings. The zero-order valence-electron chi connectivity index (χ0n) is 18.9. The van der Waals surface area contributed by atoms with Crippen molar-refractivity contribution < 1.29 is 13.9 Å². The summed E-state index contributed by atoms with van der Waals surface area (Å²) in [6, 6.07) is 6.51. The van der Waals surface area contributed by atoms with Crippen LogP contribution in [-0.2, 0) is 4.74 Å². The minimum Gasteiger partial charge on any atom is -0.447 e. The fraction of sp³-hybridized carbons (Fsp3) is 0.391. The second-order valence-corrected chi connectivity index (χ2v) is 8.77. The lowest BCUT2D eigenvalue weighted by atomic mass is 10.0. The lowest BCUT2D eigenvalue weighted by Gasteiger charge is -2.21. The standard InChI is InChI=1S/C23H26ClFN6O2/c1-13(2)17-9-16(5-6-18(17)24)30-10-19(27-12-30)15(4)28-22-26-8-7-21(29-22)31-20(14(3)25)11-33-23(31)32/h5-10,12-15,20H,11H2,1-4H3,(H,26,28,29)/t14-,15-,20+/m0/s1. The van der Waals surface area contributed by atoms with E-state index in [1.54, 1.807) is 12.4 Å². The number of imidazole rings is 1. The number of anilines is 2. The Labute approximate surface area is 196 Å². The van der Waals surface area contributed by atoms with Crippen molar-refractivity contribution in [3.63, 3.8) is 0 Å². The Kier molecular flexibility index (Phi) is 6.51. The molecular formula is C23H26ClFN6O2. The van der Waals surface area contributed by atoms with E-state index in [1.807, 2.05) is 29.8 Å². The maximum absolute atomic E-state index is 13.9. The minimum absolute atomic E-state index is 0.0136. The van der Waals surface area contributed by atoms with E-state index >= 15 is 0 Å². The average Bonchev–Trinajstić information content (AvgIpc) is 3.41. The highest BCUT2D eigenvalue weighted by Crippen LogP contribution is 2.28. The van der Waals surface area contributed by atoms with Crippen LogP contribution in [0.2, 0.25) is 5.02 Å². The number of benzene rings is 1. The third-order valence-corrected chi connectivity index (χ3v) is 5.96. The van der Waals surface area contributed by atoms with Crippen molar-refractivity contribution in [3.8, 4) is 5.69 Å². The van der Waals surface area contributed by atoms with Crippen molar-refractivity contribution in [3.05, 3.63) is 59.3 Å². The number of hydrogen-bond donors (Lipinski definition) is 1. The van der Waals surface area contributed by atoms with Crippen LogP contribution in [0.15, 0.2) is 43.0 Å². The summed E-state index contributed by atoms with van der Waals surface area (Å²) in [5.74, 6) is 0.885. The van der Waals surface area contributed by atoms with Crippen molar-refractivity contribution in [2.45, 2.75) is 51.9 Å². The number of cyclic esters (lactones) is 1. The maximum Gasteiger partial charge on any atom is 0.416 e. The van der Waals surface area contributed by atoms with Gasteiger partial charge >= 0.3 is 6.09 Å². The molecule has 1 fully saturated rings. The van der Waals surface area contributed by atoms with Gasteiger partial charge in [0, 0.05) is 23.1 Å². The van der Waals surface area contributed by atoms with E-state index in [1.165, 1.54) is 18.0 Å². The van der Waals surface area contributed by atoms with Gasteiger partial charge in [-0.05, 0) is 49.6 Å². The van der Waals surface area contributed by atoms with Gasteiger partial charge in [-0.1, -0.05) is 25.4 Å². The predicted octanol–water partition coefficient (Wildman–Crippen LogP) is 5.30. The molecule has 174 valence electrons. The van der Waals surface area contributed by atoms with Crippen molar-refractivity contribution in [1.29, 1.82) is 0 Å². The van der Waals surface area contributed by atoms with Crippen molar-refractivity contribution in [1.82, 2.24) is 19.5 Å². The van der Waals surface area contributed by atoms with Crippen LogP contribution in [0.1, 0.15) is 50.9 Å². The maximum atomic E-state index is 13.9. The monoisotopic (exact) mass is 472 g/mol. The van der Waals surface area contributed by atoms with E-state index in [4.69, 9.17) is 16.3 Å². The lowest BCUT2D eigenvalue weighted by Crippen LogP contribution is -2.39. The fourth-order valence-corrected chi connectivity index (χ4v) is 4.03. The Hall–Kier alpha value is -3.20. The second kappa shape index (κ2) is 9.35. The Morgan fingerprint density at radius 2 is 2.00 bits per heavy atom. The van der Waals surface area contributed by atoms with Gasteiger partial charge in [-0.25, -0.2) is 19.2 Å². The molecule has 10 heteroatoms. The zero-order chi connectivity index (χ0) is 23.7. The Morgan fingerprint density at radius 1 is 1.21 bits per heavy atom. The smallest absolute Gasteiger partial charge is 0.416 e. The molecule has 3 aromatic rings. The molecule has 4 rings (SSSR count). The molecule has 3 atom stereocenters. The summed E-state index contributed by atoms with van der Waals surface area (Å²) in [7, 11) is 0. The summed E-state index contributed by atoms with van der Waals surface area (Å²) < 4.78 is 20.9. The normalized spacial score (nSPS) is 17.8. The second-order valence-electron chi connectivity index (χ2n) is 8.36. The number of nitrogens with one attached hydrogen (secondary N) is 1. The Morgan fingerprint density at radius 3 is 2.73 bits per heavy atom. The van der Waals surface area contributed by atoms with Gasteiger partial charge in [-0.2, -0.15) is 4.98 Å². The van der Waals surface area contributed by atoms with E-state index in [2.05, 4.69) is 40.2 Å².